The van der Waals surface area contributed by atoms with Crippen molar-refractivity contribution in [3.8, 4) is 11.5 Å². The lowest BCUT2D eigenvalue weighted by molar-refractivity contribution is -0.115. The van der Waals surface area contributed by atoms with Crippen LogP contribution >= 0.6 is 0 Å². The molecule has 3 N–H and O–H groups in total. The van der Waals surface area contributed by atoms with Gasteiger partial charge in [-0.05, 0) is 24.3 Å². The fourth-order valence-corrected chi connectivity index (χ4v) is 2.57. The van der Waals surface area contributed by atoms with Gasteiger partial charge in [0.15, 0.2) is 0 Å². The second kappa shape index (κ2) is 7.09. The van der Waals surface area contributed by atoms with Crippen molar-refractivity contribution in [1.29, 1.82) is 0 Å². The summed E-state index contributed by atoms with van der Waals surface area (Å²) in [5, 5.41) is 3.78. The van der Waals surface area contributed by atoms with Crippen LogP contribution < -0.4 is 20.5 Å². The number of fused-ring (bicyclic) bond motifs is 1. The van der Waals surface area contributed by atoms with Gasteiger partial charge in [-0.25, -0.2) is 0 Å². The number of hydrogen-bond donors (Lipinski definition) is 2. The number of carbonyl (C=O) groups excluding carboxylic acids is 1. The molecule has 0 fully saturated rings. The number of nitrogens with one attached hydrogen (secondary N) is 1. The number of ether oxygens (including phenoxy) is 2. The van der Waals surface area contributed by atoms with Gasteiger partial charge in [-0.15, -0.1) is 0 Å². The van der Waals surface area contributed by atoms with E-state index in [1.165, 1.54) is 7.11 Å². The predicted molar refractivity (Wildman–Crippen MR) is 98.0 cm³/mol. The Morgan fingerprint density at radius 2 is 1.96 bits per heavy atom. The molecule has 1 amide bonds. The summed E-state index contributed by atoms with van der Waals surface area (Å²) in [4.78, 5) is 16.8. The number of pyridine rings is 1. The maximum atomic E-state index is 12.4. The van der Waals surface area contributed by atoms with Gasteiger partial charge in [0, 0.05) is 11.5 Å². The van der Waals surface area contributed by atoms with Crippen molar-refractivity contribution >= 4 is 28.2 Å². The average Bonchev–Trinajstić information content (AvgIpc) is 2.62. The number of anilines is 2. The van der Waals surface area contributed by atoms with Gasteiger partial charge < -0.3 is 20.5 Å². The molecule has 3 aromatic rings. The Hall–Kier alpha value is -3.28. The summed E-state index contributed by atoms with van der Waals surface area (Å²) in [5.41, 5.74) is 8.48. The molecular formula is C19H19N3O3. The van der Waals surface area contributed by atoms with E-state index in [4.69, 9.17) is 15.2 Å². The van der Waals surface area contributed by atoms with Gasteiger partial charge in [0.25, 0.3) is 0 Å². The number of hydrogen-bond acceptors (Lipinski definition) is 5. The third kappa shape index (κ3) is 3.63. The Labute approximate surface area is 145 Å². The molecule has 6 heteroatoms. The van der Waals surface area contributed by atoms with E-state index >= 15 is 0 Å². The van der Waals surface area contributed by atoms with Crippen LogP contribution in [0.25, 0.3) is 10.9 Å². The standard InChI is InChI=1S/C19H19N3O3/c1-24-14-8-9-16(17(11-14)25-2)22-18(23)10-13-7-6-12-4-3-5-15(20)19(12)21-13/h3-9,11H,10,20H2,1-2H3,(H,22,23). The number of aromatic nitrogens is 1. The van der Waals surface area contributed by atoms with Crippen LogP contribution in [-0.4, -0.2) is 25.1 Å². The molecule has 128 valence electrons. The number of nitrogens with zero attached hydrogens (tertiary/aromatic N) is 1. The van der Waals surface area contributed by atoms with E-state index < -0.39 is 0 Å². The van der Waals surface area contributed by atoms with Crippen molar-refractivity contribution in [1.82, 2.24) is 4.98 Å². The zero-order valence-electron chi connectivity index (χ0n) is 14.1. The Morgan fingerprint density at radius 3 is 2.72 bits per heavy atom. The number of rotatable bonds is 5. The quantitative estimate of drug-likeness (QED) is 0.699. The van der Waals surface area contributed by atoms with Crippen LogP contribution in [0.1, 0.15) is 5.69 Å². The lowest BCUT2D eigenvalue weighted by atomic mass is 10.1. The molecular weight excluding hydrogens is 318 g/mol. The zero-order valence-corrected chi connectivity index (χ0v) is 14.1. The summed E-state index contributed by atoms with van der Waals surface area (Å²) >= 11 is 0. The van der Waals surface area contributed by atoms with Gasteiger partial charge in [0.05, 0.1) is 43.2 Å². The van der Waals surface area contributed by atoms with Crippen molar-refractivity contribution in [2.24, 2.45) is 0 Å². The van der Waals surface area contributed by atoms with Crippen LogP contribution in [0.15, 0.2) is 48.5 Å². The van der Waals surface area contributed by atoms with Crippen molar-refractivity contribution in [2.75, 3.05) is 25.3 Å². The second-order valence-corrected chi connectivity index (χ2v) is 5.51. The minimum absolute atomic E-state index is 0.138. The van der Waals surface area contributed by atoms with Gasteiger partial charge >= 0.3 is 0 Å². The highest BCUT2D eigenvalue weighted by Crippen LogP contribution is 2.29. The zero-order chi connectivity index (χ0) is 17.8. The van der Waals surface area contributed by atoms with Crippen molar-refractivity contribution in [3.05, 3.63) is 54.2 Å². The number of methoxy groups -OCH3 is 2. The van der Waals surface area contributed by atoms with E-state index in [1.807, 2.05) is 24.3 Å². The Kier molecular flexibility index (Phi) is 4.70. The fourth-order valence-electron chi connectivity index (χ4n) is 2.57. The SMILES string of the molecule is COc1ccc(NC(=O)Cc2ccc3cccc(N)c3n2)c(OC)c1. The molecule has 1 aromatic heterocycles. The molecule has 0 radical (unpaired) electrons. The maximum absolute atomic E-state index is 12.4. The molecule has 0 aliphatic heterocycles. The normalized spacial score (nSPS) is 10.5. The summed E-state index contributed by atoms with van der Waals surface area (Å²) in [6.07, 6.45) is 0.138. The lowest BCUT2D eigenvalue weighted by Crippen LogP contribution is -2.15. The van der Waals surface area contributed by atoms with E-state index in [-0.39, 0.29) is 12.3 Å². The van der Waals surface area contributed by atoms with Crippen LogP contribution in [0, 0.1) is 0 Å². The third-order valence-electron chi connectivity index (χ3n) is 3.83. The van der Waals surface area contributed by atoms with E-state index in [0.29, 0.717) is 34.1 Å². The van der Waals surface area contributed by atoms with Crippen molar-refractivity contribution in [3.63, 3.8) is 0 Å². The third-order valence-corrected chi connectivity index (χ3v) is 3.83. The molecule has 25 heavy (non-hydrogen) atoms. The largest absolute Gasteiger partial charge is 0.497 e. The van der Waals surface area contributed by atoms with Crippen LogP contribution in [0.5, 0.6) is 11.5 Å². The molecule has 0 bridgehead atoms. The highest BCUT2D eigenvalue weighted by molar-refractivity contribution is 5.94. The first-order valence-electron chi connectivity index (χ1n) is 7.76. The molecule has 6 nitrogen and oxygen atoms in total. The number of para-hydroxylation sites is 1. The monoisotopic (exact) mass is 337 g/mol. The average molecular weight is 337 g/mol. The van der Waals surface area contributed by atoms with E-state index in [9.17, 15) is 4.79 Å². The maximum Gasteiger partial charge on any atom is 0.230 e. The Bertz CT molecular complexity index is 925. The first kappa shape index (κ1) is 16.6. The number of nitrogen functional groups attached to an aromatic ring is 1. The second-order valence-electron chi connectivity index (χ2n) is 5.51. The van der Waals surface area contributed by atoms with Crippen molar-refractivity contribution in [2.45, 2.75) is 6.42 Å². The molecule has 0 saturated carbocycles. The summed E-state index contributed by atoms with van der Waals surface area (Å²) in [7, 11) is 3.11. The minimum atomic E-state index is -0.190. The number of amides is 1. The van der Waals surface area contributed by atoms with Crippen LogP contribution in [0.4, 0.5) is 11.4 Å². The fraction of sp³-hybridized carbons (Fsp3) is 0.158. The van der Waals surface area contributed by atoms with Crippen LogP contribution in [0.2, 0.25) is 0 Å². The molecule has 0 atom stereocenters. The number of carbonyl (C=O) groups is 1. The summed E-state index contributed by atoms with van der Waals surface area (Å²) in [6.45, 7) is 0. The van der Waals surface area contributed by atoms with Crippen LogP contribution in [0.3, 0.4) is 0 Å². The smallest absolute Gasteiger partial charge is 0.230 e. The Balaban J connectivity index is 1.78. The molecule has 2 aromatic carbocycles. The summed E-state index contributed by atoms with van der Waals surface area (Å²) in [6, 6.07) is 14.6. The molecule has 0 spiro atoms. The predicted octanol–water partition coefficient (Wildman–Crippen LogP) is 3.02. The van der Waals surface area contributed by atoms with Gasteiger partial charge in [-0.3, -0.25) is 9.78 Å². The molecule has 0 aliphatic carbocycles. The molecule has 0 saturated heterocycles. The molecule has 0 unspecified atom stereocenters. The first-order chi connectivity index (χ1) is 12.1. The van der Waals surface area contributed by atoms with E-state index in [1.54, 1.807) is 31.4 Å². The number of benzene rings is 2. The number of nitrogens with two attached hydrogens (primary N) is 1. The first-order valence-corrected chi connectivity index (χ1v) is 7.76. The summed E-state index contributed by atoms with van der Waals surface area (Å²) in [5.74, 6) is 0.995. The van der Waals surface area contributed by atoms with E-state index in [2.05, 4.69) is 10.3 Å². The van der Waals surface area contributed by atoms with E-state index in [0.717, 1.165) is 5.39 Å². The van der Waals surface area contributed by atoms with Gasteiger partial charge in [0.2, 0.25) is 5.91 Å². The summed E-state index contributed by atoms with van der Waals surface area (Å²) < 4.78 is 10.4. The van der Waals surface area contributed by atoms with Gasteiger partial charge in [0.1, 0.15) is 11.5 Å². The van der Waals surface area contributed by atoms with Gasteiger partial charge in [-0.1, -0.05) is 18.2 Å². The highest BCUT2D eigenvalue weighted by atomic mass is 16.5. The van der Waals surface area contributed by atoms with Crippen LogP contribution in [-0.2, 0) is 11.2 Å². The topological polar surface area (TPSA) is 86.5 Å². The highest BCUT2D eigenvalue weighted by Gasteiger charge is 2.11. The molecule has 3 rings (SSSR count). The van der Waals surface area contributed by atoms with Gasteiger partial charge in [-0.2, -0.15) is 0 Å². The molecule has 1 heterocycles. The minimum Gasteiger partial charge on any atom is -0.497 e. The molecule has 0 aliphatic rings. The lowest BCUT2D eigenvalue weighted by Gasteiger charge is -2.11. The van der Waals surface area contributed by atoms with Crippen molar-refractivity contribution < 1.29 is 14.3 Å². The Morgan fingerprint density at radius 1 is 1.12 bits per heavy atom.